The van der Waals surface area contributed by atoms with Gasteiger partial charge in [0.25, 0.3) is 0 Å². The molecule has 110 valence electrons. The minimum absolute atomic E-state index is 0.244. The number of aromatic nitrogens is 6. The van der Waals surface area contributed by atoms with Crippen LogP contribution >= 0.6 is 0 Å². The summed E-state index contributed by atoms with van der Waals surface area (Å²) in [5.74, 6) is 1.08. The predicted octanol–water partition coefficient (Wildman–Crippen LogP) is 1.70. The minimum Gasteiger partial charge on any atom is -0.370 e. The van der Waals surface area contributed by atoms with Gasteiger partial charge in [0.05, 0.1) is 23.3 Å². The number of nitrogens with zero attached hydrogens (tertiary/aromatic N) is 6. The van der Waals surface area contributed by atoms with Gasteiger partial charge in [-0.1, -0.05) is 0 Å². The Bertz CT molecular complexity index is 807. The lowest BCUT2D eigenvalue weighted by molar-refractivity contribution is 0.481. The Kier molecular flexibility index (Phi) is 2.57. The highest BCUT2D eigenvalue weighted by atomic mass is 15.4. The molecule has 0 amide bonds. The largest absolute Gasteiger partial charge is 0.370 e. The number of anilines is 1. The summed E-state index contributed by atoms with van der Waals surface area (Å²) in [4.78, 5) is 0. The number of nitrogens with one attached hydrogen (secondary N) is 1. The van der Waals surface area contributed by atoms with Crippen LogP contribution in [0.2, 0.25) is 0 Å². The van der Waals surface area contributed by atoms with Gasteiger partial charge >= 0.3 is 0 Å². The summed E-state index contributed by atoms with van der Waals surface area (Å²) in [5, 5.41) is 18.2. The molecule has 7 nitrogen and oxygen atoms in total. The van der Waals surface area contributed by atoms with E-state index in [-0.39, 0.29) is 6.04 Å². The molecule has 1 unspecified atom stereocenters. The molecular weight excluding hydrogens is 266 g/mol. The number of hydrogen-bond acceptors (Lipinski definition) is 4. The molecule has 0 bridgehead atoms. The molecule has 0 fully saturated rings. The molecule has 7 heteroatoms. The zero-order valence-corrected chi connectivity index (χ0v) is 12.5. The van der Waals surface area contributed by atoms with Gasteiger partial charge in [0, 0.05) is 31.9 Å². The number of hydrogen-bond donors (Lipinski definition) is 1. The van der Waals surface area contributed by atoms with Crippen LogP contribution in [0.1, 0.15) is 30.6 Å². The van der Waals surface area contributed by atoms with Gasteiger partial charge in [0.15, 0.2) is 5.65 Å². The molecule has 3 aromatic rings. The summed E-state index contributed by atoms with van der Waals surface area (Å²) in [6.45, 7) is 5.96. The van der Waals surface area contributed by atoms with E-state index in [1.165, 1.54) is 5.56 Å². The summed E-state index contributed by atoms with van der Waals surface area (Å²) in [6, 6.07) is 0.244. The Morgan fingerprint density at radius 2 is 2.24 bits per heavy atom. The standard InChI is InChI=1S/C14H19N7/c1-4-20-8-10(7-16-20)11-5-6-15-13-12-9(2)17-19(3)14(12)18-21(11)13/h7-8,11,15H,4-6H2,1-3H3. The second-order valence-electron chi connectivity index (χ2n) is 5.56. The van der Waals surface area contributed by atoms with Crippen molar-refractivity contribution in [2.24, 2.45) is 7.05 Å². The number of aryl methyl sites for hydroxylation is 3. The molecule has 1 aliphatic rings. The molecule has 0 aromatic carbocycles. The molecule has 0 spiro atoms. The zero-order valence-electron chi connectivity index (χ0n) is 12.5. The zero-order chi connectivity index (χ0) is 14.6. The quantitative estimate of drug-likeness (QED) is 0.778. The van der Waals surface area contributed by atoms with E-state index < -0.39 is 0 Å². The first-order valence-electron chi connectivity index (χ1n) is 7.37. The third-order valence-electron chi connectivity index (χ3n) is 4.23. The van der Waals surface area contributed by atoms with Crippen LogP contribution in [0.4, 0.5) is 5.82 Å². The van der Waals surface area contributed by atoms with Crippen molar-refractivity contribution < 1.29 is 0 Å². The summed E-state index contributed by atoms with van der Waals surface area (Å²) >= 11 is 0. The Morgan fingerprint density at radius 1 is 1.38 bits per heavy atom. The van der Waals surface area contributed by atoms with Crippen LogP contribution in [-0.2, 0) is 13.6 Å². The summed E-state index contributed by atoms with van der Waals surface area (Å²) in [6.07, 6.45) is 5.10. The van der Waals surface area contributed by atoms with Gasteiger partial charge in [-0.05, 0) is 20.3 Å². The lowest BCUT2D eigenvalue weighted by Crippen LogP contribution is -2.24. The van der Waals surface area contributed by atoms with Crippen molar-refractivity contribution in [2.45, 2.75) is 32.9 Å². The predicted molar refractivity (Wildman–Crippen MR) is 80.4 cm³/mol. The van der Waals surface area contributed by atoms with Crippen LogP contribution in [0.5, 0.6) is 0 Å². The lowest BCUT2D eigenvalue weighted by Gasteiger charge is -2.25. The van der Waals surface area contributed by atoms with Crippen LogP contribution in [0.15, 0.2) is 12.4 Å². The fourth-order valence-electron chi connectivity index (χ4n) is 3.18. The molecule has 1 N–H and O–H groups in total. The molecule has 1 atom stereocenters. The number of rotatable bonds is 2. The van der Waals surface area contributed by atoms with E-state index >= 15 is 0 Å². The highest BCUT2D eigenvalue weighted by Crippen LogP contribution is 2.35. The normalized spacial score (nSPS) is 18.0. The van der Waals surface area contributed by atoms with Crippen molar-refractivity contribution in [1.82, 2.24) is 29.3 Å². The summed E-state index contributed by atoms with van der Waals surface area (Å²) < 4.78 is 5.91. The van der Waals surface area contributed by atoms with Gasteiger partial charge in [-0.3, -0.25) is 4.68 Å². The summed E-state index contributed by atoms with van der Waals surface area (Å²) in [5.41, 5.74) is 3.17. The van der Waals surface area contributed by atoms with E-state index in [4.69, 9.17) is 5.10 Å². The van der Waals surface area contributed by atoms with E-state index in [1.54, 1.807) is 0 Å². The SMILES string of the molecule is CCn1cc(C2CCNc3c4c(C)nn(C)c4nn32)cn1. The average Bonchev–Trinajstić information content (AvgIpc) is 3.16. The second-order valence-corrected chi connectivity index (χ2v) is 5.56. The molecular formula is C14H19N7. The van der Waals surface area contributed by atoms with E-state index in [1.807, 2.05) is 29.5 Å². The third-order valence-corrected chi connectivity index (χ3v) is 4.23. The molecule has 1 aliphatic heterocycles. The smallest absolute Gasteiger partial charge is 0.182 e. The maximum Gasteiger partial charge on any atom is 0.182 e. The molecule has 4 heterocycles. The molecule has 0 saturated heterocycles. The van der Waals surface area contributed by atoms with Gasteiger partial charge in [-0.2, -0.15) is 15.3 Å². The topological polar surface area (TPSA) is 65.5 Å². The van der Waals surface area contributed by atoms with Gasteiger partial charge < -0.3 is 5.32 Å². The minimum atomic E-state index is 0.244. The summed E-state index contributed by atoms with van der Waals surface area (Å²) in [7, 11) is 1.94. The van der Waals surface area contributed by atoms with Crippen LogP contribution < -0.4 is 5.32 Å². The van der Waals surface area contributed by atoms with Crippen molar-refractivity contribution in [1.29, 1.82) is 0 Å². The van der Waals surface area contributed by atoms with E-state index in [9.17, 15) is 0 Å². The monoisotopic (exact) mass is 285 g/mol. The first-order chi connectivity index (χ1) is 10.2. The second kappa shape index (κ2) is 4.34. The molecule has 21 heavy (non-hydrogen) atoms. The van der Waals surface area contributed by atoms with E-state index in [0.717, 1.165) is 42.1 Å². The Morgan fingerprint density at radius 3 is 3.00 bits per heavy atom. The highest BCUT2D eigenvalue weighted by Gasteiger charge is 2.28. The molecule has 4 rings (SSSR count). The Labute approximate surface area is 122 Å². The highest BCUT2D eigenvalue weighted by molar-refractivity contribution is 5.90. The third kappa shape index (κ3) is 1.69. The molecule has 0 radical (unpaired) electrons. The average molecular weight is 285 g/mol. The van der Waals surface area contributed by atoms with Crippen molar-refractivity contribution in [3.63, 3.8) is 0 Å². The van der Waals surface area contributed by atoms with Crippen molar-refractivity contribution in [2.75, 3.05) is 11.9 Å². The van der Waals surface area contributed by atoms with Crippen LogP contribution in [0.3, 0.4) is 0 Å². The van der Waals surface area contributed by atoms with Crippen molar-refractivity contribution in [3.05, 3.63) is 23.7 Å². The Balaban J connectivity index is 1.88. The van der Waals surface area contributed by atoms with Crippen molar-refractivity contribution >= 4 is 16.9 Å². The fraction of sp³-hybridized carbons (Fsp3) is 0.500. The molecule has 0 saturated carbocycles. The van der Waals surface area contributed by atoms with E-state index in [2.05, 4.69) is 33.3 Å². The van der Waals surface area contributed by atoms with Crippen LogP contribution in [-0.4, -0.2) is 35.9 Å². The van der Waals surface area contributed by atoms with Gasteiger partial charge in [-0.25, -0.2) is 9.36 Å². The van der Waals surface area contributed by atoms with Gasteiger partial charge in [0.2, 0.25) is 0 Å². The number of fused-ring (bicyclic) bond motifs is 3. The first-order valence-corrected chi connectivity index (χ1v) is 7.37. The van der Waals surface area contributed by atoms with Crippen LogP contribution in [0, 0.1) is 6.92 Å². The first kappa shape index (κ1) is 12.4. The fourth-order valence-corrected chi connectivity index (χ4v) is 3.18. The lowest BCUT2D eigenvalue weighted by atomic mass is 10.1. The van der Waals surface area contributed by atoms with Crippen molar-refractivity contribution in [3.8, 4) is 0 Å². The maximum absolute atomic E-state index is 4.78. The van der Waals surface area contributed by atoms with Gasteiger partial charge in [0.1, 0.15) is 5.82 Å². The van der Waals surface area contributed by atoms with Crippen LogP contribution in [0.25, 0.3) is 11.0 Å². The molecule has 3 aromatic heterocycles. The van der Waals surface area contributed by atoms with Gasteiger partial charge in [-0.15, -0.1) is 0 Å². The molecule has 0 aliphatic carbocycles. The Hall–Kier alpha value is -2.31. The maximum atomic E-state index is 4.78. The van der Waals surface area contributed by atoms with E-state index in [0.29, 0.717) is 0 Å².